The van der Waals surface area contributed by atoms with Gasteiger partial charge >= 0.3 is 0 Å². The molecule has 3 N–H and O–H groups in total. The number of anilines is 2. The van der Waals surface area contributed by atoms with Crippen LogP contribution in [0.15, 0.2) is 60.2 Å². The standard InChI is InChI=1S/C26H21Cl2N3O4/c1-15-3-4-20(9-16(15)2)30-24(33)14-35-25-22(27)11-17(12-23(25)28)10-18(13-29)26(34)31-19-5-7-21(32)8-6-19/h3-12,32H,14H2,1-2H3,(H,30,33)(H,31,34)/b18-10+. The fourth-order valence-electron chi connectivity index (χ4n) is 3.01. The van der Waals surface area contributed by atoms with Crippen LogP contribution in [0.3, 0.4) is 0 Å². The molecule has 3 aromatic rings. The van der Waals surface area contributed by atoms with E-state index in [0.29, 0.717) is 16.9 Å². The van der Waals surface area contributed by atoms with Crippen LogP contribution in [-0.4, -0.2) is 23.5 Å². The van der Waals surface area contributed by atoms with E-state index in [1.807, 2.05) is 32.0 Å². The first-order valence-electron chi connectivity index (χ1n) is 10.4. The lowest BCUT2D eigenvalue weighted by atomic mass is 10.1. The Morgan fingerprint density at radius 3 is 2.20 bits per heavy atom. The average Bonchev–Trinajstić information content (AvgIpc) is 2.80. The molecule has 0 aliphatic carbocycles. The molecule has 0 saturated carbocycles. The van der Waals surface area contributed by atoms with Crippen molar-refractivity contribution in [1.82, 2.24) is 0 Å². The molecule has 9 heteroatoms. The topological polar surface area (TPSA) is 111 Å². The first kappa shape index (κ1) is 25.6. The number of nitriles is 1. The largest absolute Gasteiger partial charge is 0.508 e. The Morgan fingerprint density at radius 1 is 0.971 bits per heavy atom. The maximum Gasteiger partial charge on any atom is 0.266 e. The van der Waals surface area contributed by atoms with E-state index in [1.165, 1.54) is 42.5 Å². The zero-order valence-electron chi connectivity index (χ0n) is 18.9. The molecule has 0 aromatic heterocycles. The summed E-state index contributed by atoms with van der Waals surface area (Å²) in [6, 6.07) is 16.2. The van der Waals surface area contributed by atoms with Gasteiger partial charge in [-0.1, -0.05) is 29.3 Å². The molecule has 35 heavy (non-hydrogen) atoms. The fraction of sp³-hybridized carbons (Fsp3) is 0.115. The molecular weight excluding hydrogens is 489 g/mol. The molecule has 0 unspecified atom stereocenters. The van der Waals surface area contributed by atoms with Gasteiger partial charge in [0.1, 0.15) is 17.4 Å². The normalized spacial score (nSPS) is 10.9. The molecule has 0 aliphatic rings. The Hall–Kier alpha value is -3.99. The molecule has 3 aromatic carbocycles. The number of phenols is 1. The Bertz CT molecular complexity index is 1320. The molecular formula is C26H21Cl2N3O4. The van der Waals surface area contributed by atoms with Crippen molar-refractivity contribution in [2.75, 3.05) is 17.2 Å². The van der Waals surface area contributed by atoms with Crippen molar-refractivity contribution in [3.05, 3.63) is 86.9 Å². The number of ether oxygens (including phenoxy) is 1. The molecule has 0 atom stereocenters. The summed E-state index contributed by atoms with van der Waals surface area (Å²) < 4.78 is 5.52. The van der Waals surface area contributed by atoms with Gasteiger partial charge in [-0.3, -0.25) is 9.59 Å². The van der Waals surface area contributed by atoms with Crippen LogP contribution in [0.5, 0.6) is 11.5 Å². The molecule has 3 rings (SSSR count). The maximum atomic E-state index is 12.4. The molecule has 0 fully saturated rings. The van der Waals surface area contributed by atoms with Gasteiger partial charge in [0.25, 0.3) is 11.8 Å². The predicted molar refractivity (Wildman–Crippen MR) is 137 cm³/mol. The first-order valence-corrected chi connectivity index (χ1v) is 11.1. The minimum Gasteiger partial charge on any atom is -0.508 e. The zero-order valence-corrected chi connectivity index (χ0v) is 20.4. The quantitative estimate of drug-likeness (QED) is 0.209. The average molecular weight is 510 g/mol. The monoisotopic (exact) mass is 509 g/mol. The summed E-state index contributed by atoms with van der Waals surface area (Å²) >= 11 is 12.6. The van der Waals surface area contributed by atoms with Crippen molar-refractivity contribution >= 4 is 52.5 Å². The second kappa shape index (κ2) is 11.4. The third kappa shape index (κ3) is 7.00. The minimum atomic E-state index is -0.645. The molecule has 0 aliphatic heterocycles. The number of halogens is 2. The molecule has 0 saturated heterocycles. The summed E-state index contributed by atoms with van der Waals surface area (Å²) in [5, 5.41) is 24.3. The summed E-state index contributed by atoms with van der Waals surface area (Å²) in [4.78, 5) is 24.7. The summed E-state index contributed by atoms with van der Waals surface area (Å²) in [5.41, 5.74) is 3.43. The number of hydrogen-bond acceptors (Lipinski definition) is 5. The number of carbonyl (C=O) groups excluding carboxylic acids is 2. The van der Waals surface area contributed by atoms with Gasteiger partial charge in [-0.15, -0.1) is 0 Å². The number of carbonyl (C=O) groups is 2. The van der Waals surface area contributed by atoms with Crippen molar-refractivity contribution in [2.24, 2.45) is 0 Å². The highest BCUT2D eigenvalue weighted by Gasteiger charge is 2.14. The van der Waals surface area contributed by atoms with Crippen LogP contribution in [-0.2, 0) is 9.59 Å². The van der Waals surface area contributed by atoms with Gasteiger partial charge in [-0.2, -0.15) is 5.26 Å². The van der Waals surface area contributed by atoms with Crippen LogP contribution in [0.1, 0.15) is 16.7 Å². The third-order valence-electron chi connectivity index (χ3n) is 4.96. The van der Waals surface area contributed by atoms with Crippen molar-refractivity contribution in [1.29, 1.82) is 5.26 Å². The Labute approximate surface area is 212 Å². The molecule has 0 bridgehead atoms. The summed E-state index contributed by atoms with van der Waals surface area (Å²) in [5.74, 6) is -0.878. The highest BCUT2D eigenvalue weighted by atomic mass is 35.5. The number of phenolic OH excluding ortho intramolecular Hbond substituents is 1. The van der Waals surface area contributed by atoms with Crippen molar-refractivity contribution in [2.45, 2.75) is 13.8 Å². The van der Waals surface area contributed by atoms with Gasteiger partial charge in [0.15, 0.2) is 12.4 Å². The molecule has 0 spiro atoms. The van der Waals surface area contributed by atoms with E-state index in [-0.39, 0.29) is 39.6 Å². The Morgan fingerprint density at radius 2 is 1.60 bits per heavy atom. The summed E-state index contributed by atoms with van der Waals surface area (Å²) in [7, 11) is 0. The molecule has 0 radical (unpaired) electrons. The van der Waals surface area contributed by atoms with Crippen molar-refractivity contribution in [3.63, 3.8) is 0 Å². The Balaban J connectivity index is 1.68. The minimum absolute atomic E-state index is 0.0494. The highest BCUT2D eigenvalue weighted by Crippen LogP contribution is 2.35. The van der Waals surface area contributed by atoms with Crippen LogP contribution >= 0.6 is 23.2 Å². The van der Waals surface area contributed by atoms with Crippen molar-refractivity contribution < 1.29 is 19.4 Å². The lowest BCUT2D eigenvalue weighted by Crippen LogP contribution is -2.20. The van der Waals surface area contributed by atoms with Gasteiger partial charge in [-0.25, -0.2) is 0 Å². The number of aromatic hydroxyl groups is 1. The third-order valence-corrected chi connectivity index (χ3v) is 5.52. The van der Waals surface area contributed by atoms with E-state index >= 15 is 0 Å². The van der Waals surface area contributed by atoms with Crippen LogP contribution in [0.25, 0.3) is 6.08 Å². The molecule has 2 amide bonds. The predicted octanol–water partition coefficient (Wildman–Crippen LogP) is 5.88. The second-order valence-corrected chi connectivity index (χ2v) is 8.43. The molecule has 0 heterocycles. The van der Waals surface area contributed by atoms with E-state index in [4.69, 9.17) is 27.9 Å². The molecule has 178 valence electrons. The van der Waals surface area contributed by atoms with E-state index < -0.39 is 5.91 Å². The fourth-order valence-corrected chi connectivity index (χ4v) is 3.63. The van der Waals surface area contributed by atoms with Crippen molar-refractivity contribution in [3.8, 4) is 17.6 Å². The summed E-state index contributed by atoms with van der Waals surface area (Å²) in [6.07, 6.45) is 1.32. The highest BCUT2D eigenvalue weighted by molar-refractivity contribution is 6.37. The number of rotatable bonds is 7. The first-order chi connectivity index (χ1) is 16.7. The van der Waals surface area contributed by atoms with E-state index in [0.717, 1.165) is 11.1 Å². The van der Waals surface area contributed by atoms with Crippen LogP contribution in [0.4, 0.5) is 11.4 Å². The van der Waals surface area contributed by atoms with Gasteiger partial charge in [0.2, 0.25) is 0 Å². The van der Waals surface area contributed by atoms with Crippen LogP contribution < -0.4 is 15.4 Å². The summed E-state index contributed by atoms with van der Waals surface area (Å²) in [6.45, 7) is 3.61. The number of aryl methyl sites for hydroxylation is 2. The molecule has 7 nitrogen and oxygen atoms in total. The second-order valence-electron chi connectivity index (χ2n) is 7.62. The maximum absolute atomic E-state index is 12.4. The zero-order chi connectivity index (χ0) is 25.5. The number of nitrogens with zero attached hydrogens (tertiary/aromatic N) is 1. The number of nitrogens with one attached hydrogen (secondary N) is 2. The van der Waals surface area contributed by atoms with Crippen LogP contribution in [0, 0.1) is 25.2 Å². The van der Waals surface area contributed by atoms with Crippen LogP contribution in [0.2, 0.25) is 10.0 Å². The van der Waals surface area contributed by atoms with Gasteiger partial charge in [-0.05, 0) is 85.1 Å². The number of benzene rings is 3. The van der Waals surface area contributed by atoms with E-state index in [9.17, 15) is 20.0 Å². The van der Waals surface area contributed by atoms with E-state index in [2.05, 4.69) is 10.6 Å². The SMILES string of the molecule is Cc1ccc(NC(=O)COc2c(Cl)cc(/C=C(\C#N)C(=O)Nc3ccc(O)cc3)cc2Cl)cc1C. The lowest BCUT2D eigenvalue weighted by molar-refractivity contribution is -0.118. The van der Waals surface area contributed by atoms with Gasteiger partial charge in [0.05, 0.1) is 10.0 Å². The van der Waals surface area contributed by atoms with E-state index in [1.54, 1.807) is 6.07 Å². The lowest BCUT2D eigenvalue weighted by Gasteiger charge is -2.12. The number of amides is 2. The smallest absolute Gasteiger partial charge is 0.266 e. The van der Waals surface area contributed by atoms with Gasteiger partial charge < -0.3 is 20.5 Å². The number of hydrogen-bond donors (Lipinski definition) is 3. The Kier molecular flexibility index (Phi) is 8.37. The van der Waals surface area contributed by atoms with Gasteiger partial charge in [0, 0.05) is 11.4 Å².